The first-order valence-electron chi connectivity index (χ1n) is 10.7. The average molecular weight is 415 g/mol. The van der Waals surface area contributed by atoms with Gasteiger partial charge in [-0.05, 0) is 30.5 Å². The van der Waals surface area contributed by atoms with Crippen molar-refractivity contribution in [2.24, 2.45) is 0 Å². The summed E-state index contributed by atoms with van der Waals surface area (Å²) in [4.78, 5) is 19.0. The van der Waals surface area contributed by atoms with Gasteiger partial charge in [-0.3, -0.25) is 4.79 Å². The highest BCUT2D eigenvalue weighted by atomic mass is 16.5. The lowest BCUT2D eigenvalue weighted by Gasteiger charge is -2.31. The summed E-state index contributed by atoms with van der Waals surface area (Å²) in [5, 5.41) is 4.03. The molecule has 30 heavy (non-hydrogen) atoms. The third kappa shape index (κ3) is 4.92. The standard InChI is InChI=1S/C22H29N3O5/c1-15(2)22-23-21(24-30-22)19-14-25(9-12-29-19)20(26)6-3-5-16-7-8-17-18(13-16)28-11-4-10-27-17/h7-8,13,15,19H,3-6,9-12,14H2,1-2H3. The van der Waals surface area contributed by atoms with Gasteiger partial charge >= 0.3 is 0 Å². The van der Waals surface area contributed by atoms with Gasteiger partial charge in [0.1, 0.15) is 6.10 Å². The number of benzene rings is 1. The SMILES string of the molecule is CC(C)c1nc(C2CN(C(=O)CCCc3ccc4c(c3)OCCCO4)CCO2)no1. The van der Waals surface area contributed by atoms with E-state index in [2.05, 4.69) is 10.1 Å². The summed E-state index contributed by atoms with van der Waals surface area (Å²) in [5.74, 6) is 3.00. The fourth-order valence-electron chi connectivity index (χ4n) is 3.61. The van der Waals surface area contributed by atoms with E-state index < -0.39 is 0 Å². The van der Waals surface area contributed by atoms with Crippen LogP contribution in [-0.4, -0.2) is 53.9 Å². The molecule has 1 amide bonds. The minimum absolute atomic E-state index is 0.130. The molecule has 3 heterocycles. The Kier molecular flexibility index (Phi) is 6.52. The fourth-order valence-corrected chi connectivity index (χ4v) is 3.61. The topological polar surface area (TPSA) is 86.9 Å². The maximum atomic E-state index is 12.7. The molecule has 0 radical (unpaired) electrons. The first-order valence-corrected chi connectivity index (χ1v) is 10.7. The van der Waals surface area contributed by atoms with E-state index in [0.29, 0.717) is 51.0 Å². The van der Waals surface area contributed by atoms with E-state index in [1.807, 2.05) is 36.9 Å². The van der Waals surface area contributed by atoms with Crippen LogP contribution in [0.3, 0.4) is 0 Å². The first-order chi connectivity index (χ1) is 14.6. The number of hydrogen-bond donors (Lipinski definition) is 0. The number of rotatable bonds is 6. The predicted octanol–water partition coefficient (Wildman–Crippen LogP) is 3.28. The molecule has 2 aliphatic heterocycles. The first kappa shape index (κ1) is 20.7. The van der Waals surface area contributed by atoms with Crippen molar-refractivity contribution in [1.29, 1.82) is 0 Å². The number of nitrogens with zero attached hydrogens (tertiary/aromatic N) is 3. The molecule has 0 N–H and O–H groups in total. The zero-order valence-corrected chi connectivity index (χ0v) is 17.6. The zero-order valence-electron chi connectivity index (χ0n) is 17.6. The van der Waals surface area contributed by atoms with Crippen molar-refractivity contribution in [3.8, 4) is 11.5 Å². The van der Waals surface area contributed by atoms with E-state index in [-0.39, 0.29) is 17.9 Å². The monoisotopic (exact) mass is 415 g/mol. The maximum Gasteiger partial charge on any atom is 0.229 e. The molecule has 1 aromatic carbocycles. The molecule has 0 saturated carbocycles. The molecule has 1 fully saturated rings. The van der Waals surface area contributed by atoms with Crippen molar-refractivity contribution in [3.63, 3.8) is 0 Å². The van der Waals surface area contributed by atoms with Crippen LogP contribution in [-0.2, 0) is 16.0 Å². The molecule has 162 valence electrons. The Balaban J connectivity index is 1.28. The van der Waals surface area contributed by atoms with Crippen LogP contribution in [0.5, 0.6) is 11.5 Å². The summed E-state index contributed by atoms with van der Waals surface area (Å²) in [7, 11) is 0. The van der Waals surface area contributed by atoms with Gasteiger partial charge in [-0.25, -0.2) is 0 Å². The van der Waals surface area contributed by atoms with Gasteiger partial charge in [0.15, 0.2) is 11.5 Å². The summed E-state index contributed by atoms with van der Waals surface area (Å²) in [5.41, 5.74) is 1.15. The molecule has 4 rings (SSSR count). The van der Waals surface area contributed by atoms with Crippen molar-refractivity contribution in [3.05, 3.63) is 35.5 Å². The fraction of sp³-hybridized carbons (Fsp3) is 0.591. The molecule has 8 nitrogen and oxygen atoms in total. The zero-order chi connectivity index (χ0) is 20.9. The Hall–Kier alpha value is -2.61. The van der Waals surface area contributed by atoms with Gasteiger partial charge in [-0.2, -0.15) is 4.98 Å². The minimum atomic E-state index is -0.333. The Morgan fingerprint density at radius 3 is 2.83 bits per heavy atom. The van der Waals surface area contributed by atoms with E-state index in [1.54, 1.807) is 0 Å². The second kappa shape index (κ2) is 9.47. The summed E-state index contributed by atoms with van der Waals surface area (Å²) in [6, 6.07) is 6.03. The molecule has 2 aliphatic rings. The molecule has 2 aromatic rings. The Morgan fingerprint density at radius 2 is 2.03 bits per heavy atom. The van der Waals surface area contributed by atoms with Gasteiger partial charge in [-0.15, -0.1) is 0 Å². The lowest BCUT2D eigenvalue weighted by atomic mass is 10.1. The molecule has 0 aliphatic carbocycles. The second-order valence-corrected chi connectivity index (χ2v) is 8.03. The molecular formula is C22H29N3O5. The number of morpholine rings is 1. The van der Waals surface area contributed by atoms with Crippen LogP contribution in [0.2, 0.25) is 0 Å². The number of aromatic nitrogens is 2. The summed E-state index contributed by atoms with van der Waals surface area (Å²) >= 11 is 0. The highest BCUT2D eigenvalue weighted by Crippen LogP contribution is 2.31. The van der Waals surface area contributed by atoms with Crippen LogP contribution >= 0.6 is 0 Å². The molecule has 1 aromatic heterocycles. The number of hydrogen-bond acceptors (Lipinski definition) is 7. The summed E-state index contributed by atoms with van der Waals surface area (Å²) < 4.78 is 22.5. The van der Waals surface area contributed by atoms with Gasteiger partial charge in [0.05, 0.1) is 26.4 Å². The van der Waals surface area contributed by atoms with Crippen LogP contribution in [0.15, 0.2) is 22.7 Å². The van der Waals surface area contributed by atoms with Crippen molar-refractivity contribution in [2.75, 3.05) is 32.9 Å². The molecule has 0 bridgehead atoms. The summed E-state index contributed by atoms with van der Waals surface area (Å²) in [6.45, 7) is 6.88. The van der Waals surface area contributed by atoms with Gasteiger partial charge in [0.2, 0.25) is 17.6 Å². The molecule has 8 heteroatoms. The normalized spacial score (nSPS) is 19.0. The number of carbonyl (C=O) groups excluding carboxylic acids is 1. The lowest BCUT2D eigenvalue weighted by molar-refractivity contribution is -0.139. The number of ether oxygens (including phenoxy) is 3. The number of fused-ring (bicyclic) bond motifs is 1. The van der Waals surface area contributed by atoms with Crippen LogP contribution in [0.4, 0.5) is 0 Å². The van der Waals surface area contributed by atoms with Crippen LogP contribution in [0.1, 0.15) is 62.4 Å². The van der Waals surface area contributed by atoms with Crippen LogP contribution in [0, 0.1) is 0 Å². The lowest BCUT2D eigenvalue weighted by Crippen LogP contribution is -2.42. The number of carbonyl (C=O) groups is 1. The second-order valence-electron chi connectivity index (χ2n) is 8.03. The van der Waals surface area contributed by atoms with Crippen LogP contribution in [0.25, 0.3) is 0 Å². The quantitative estimate of drug-likeness (QED) is 0.715. The highest BCUT2D eigenvalue weighted by Gasteiger charge is 2.29. The van der Waals surface area contributed by atoms with Crippen molar-refractivity contribution in [2.45, 2.75) is 51.6 Å². The third-order valence-electron chi connectivity index (χ3n) is 5.33. The van der Waals surface area contributed by atoms with Gasteiger partial charge in [-0.1, -0.05) is 25.1 Å². The number of aryl methyl sites for hydroxylation is 1. The van der Waals surface area contributed by atoms with E-state index in [0.717, 1.165) is 36.3 Å². The Morgan fingerprint density at radius 1 is 1.20 bits per heavy atom. The van der Waals surface area contributed by atoms with Crippen molar-refractivity contribution in [1.82, 2.24) is 15.0 Å². The van der Waals surface area contributed by atoms with E-state index in [1.165, 1.54) is 0 Å². The molecule has 1 saturated heterocycles. The van der Waals surface area contributed by atoms with Crippen LogP contribution < -0.4 is 9.47 Å². The minimum Gasteiger partial charge on any atom is -0.490 e. The highest BCUT2D eigenvalue weighted by molar-refractivity contribution is 5.76. The molecule has 1 atom stereocenters. The molecule has 1 unspecified atom stereocenters. The van der Waals surface area contributed by atoms with Crippen molar-refractivity contribution < 1.29 is 23.5 Å². The van der Waals surface area contributed by atoms with Crippen molar-refractivity contribution >= 4 is 5.91 Å². The van der Waals surface area contributed by atoms with E-state index in [9.17, 15) is 4.79 Å². The van der Waals surface area contributed by atoms with E-state index >= 15 is 0 Å². The Labute approximate surface area is 176 Å². The molecule has 0 spiro atoms. The summed E-state index contributed by atoms with van der Waals surface area (Å²) in [6.07, 6.45) is 2.64. The largest absolute Gasteiger partial charge is 0.490 e. The van der Waals surface area contributed by atoms with Gasteiger partial charge < -0.3 is 23.6 Å². The molecular weight excluding hydrogens is 386 g/mol. The van der Waals surface area contributed by atoms with E-state index in [4.69, 9.17) is 18.7 Å². The van der Waals surface area contributed by atoms with Gasteiger partial charge in [0, 0.05) is 25.3 Å². The Bertz CT molecular complexity index is 866. The van der Waals surface area contributed by atoms with Gasteiger partial charge in [0.25, 0.3) is 0 Å². The predicted molar refractivity (Wildman–Crippen MR) is 109 cm³/mol. The maximum absolute atomic E-state index is 12.7. The average Bonchev–Trinajstić information content (AvgIpc) is 3.14. The number of amides is 1. The third-order valence-corrected chi connectivity index (χ3v) is 5.33. The smallest absolute Gasteiger partial charge is 0.229 e.